The Hall–Kier alpha value is -0.830. The minimum atomic E-state index is 0.549. The van der Waals surface area contributed by atoms with Crippen molar-refractivity contribution in [2.45, 2.75) is 32.7 Å². The largest absolute Gasteiger partial charge is 0.300 e. The van der Waals surface area contributed by atoms with E-state index in [-0.39, 0.29) is 0 Å². The van der Waals surface area contributed by atoms with Crippen LogP contribution in [0.1, 0.15) is 36.7 Å². The number of aromatic nitrogens is 2. The fraction of sp³-hybridized carbons (Fsp3) is 0.727. The summed E-state index contributed by atoms with van der Waals surface area (Å²) in [5.74, 6) is 0.549. The third-order valence-corrected chi connectivity index (χ3v) is 3.02. The van der Waals surface area contributed by atoms with Gasteiger partial charge in [0.25, 0.3) is 0 Å². The van der Waals surface area contributed by atoms with Crippen LogP contribution in [0.15, 0.2) is 0 Å². The molecule has 0 aliphatic carbocycles. The molecule has 14 heavy (non-hydrogen) atoms. The smallest absolute Gasteiger partial charge is 0.0685 e. The van der Waals surface area contributed by atoms with E-state index < -0.39 is 0 Å². The highest BCUT2D eigenvalue weighted by atomic mass is 15.3. The fourth-order valence-electron chi connectivity index (χ4n) is 2.20. The monoisotopic (exact) mass is 193 g/mol. The molecule has 3 heteroatoms. The van der Waals surface area contributed by atoms with Gasteiger partial charge >= 0.3 is 0 Å². The third kappa shape index (κ3) is 1.46. The Kier molecular flexibility index (Phi) is 2.35. The van der Waals surface area contributed by atoms with Crippen LogP contribution in [0.25, 0.3) is 0 Å². The minimum absolute atomic E-state index is 0.549. The first-order chi connectivity index (χ1) is 6.59. The van der Waals surface area contributed by atoms with Crippen molar-refractivity contribution in [3.63, 3.8) is 0 Å². The lowest BCUT2D eigenvalue weighted by molar-refractivity contribution is 0.302. The zero-order valence-electron chi connectivity index (χ0n) is 9.54. The second kappa shape index (κ2) is 3.39. The van der Waals surface area contributed by atoms with Gasteiger partial charge in [-0.3, -0.25) is 4.68 Å². The molecular weight excluding hydrogens is 174 g/mol. The van der Waals surface area contributed by atoms with Crippen molar-refractivity contribution in [2.24, 2.45) is 7.05 Å². The van der Waals surface area contributed by atoms with Crippen LogP contribution >= 0.6 is 0 Å². The molecule has 0 amide bonds. The predicted molar refractivity (Wildman–Crippen MR) is 57.3 cm³/mol. The molecule has 1 aliphatic heterocycles. The van der Waals surface area contributed by atoms with Gasteiger partial charge in [-0.1, -0.05) is 13.8 Å². The molecule has 0 radical (unpaired) electrons. The lowest BCUT2D eigenvalue weighted by atomic mass is 9.99. The van der Waals surface area contributed by atoms with Crippen molar-refractivity contribution >= 4 is 0 Å². The zero-order chi connectivity index (χ0) is 10.3. The van der Waals surface area contributed by atoms with Crippen LogP contribution in [0.4, 0.5) is 0 Å². The van der Waals surface area contributed by atoms with Crippen LogP contribution in [0.5, 0.6) is 0 Å². The highest BCUT2D eigenvalue weighted by Gasteiger charge is 2.22. The molecule has 78 valence electrons. The maximum absolute atomic E-state index is 4.62. The van der Waals surface area contributed by atoms with Gasteiger partial charge in [-0.05, 0) is 24.9 Å². The Morgan fingerprint density at radius 2 is 2.00 bits per heavy atom. The molecule has 0 N–H and O–H groups in total. The molecule has 0 fully saturated rings. The van der Waals surface area contributed by atoms with Crippen molar-refractivity contribution in [1.29, 1.82) is 0 Å². The van der Waals surface area contributed by atoms with Crippen LogP contribution in [0, 0.1) is 0 Å². The molecule has 2 heterocycles. The number of hydrogen-bond acceptors (Lipinski definition) is 2. The van der Waals surface area contributed by atoms with Crippen molar-refractivity contribution in [3.8, 4) is 0 Å². The molecule has 1 aromatic rings. The van der Waals surface area contributed by atoms with Crippen LogP contribution in [-0.4, -0.2) is 28.3 Å². The lowest BCUT2D eigenvalue weighted by Gasteiger charge is -2.23. The number of aryl methyl sites for hydroxylation is 1. The van der Waals surface area contributed by atoms with Crippen molar-refractivity contribution < 1.29 is 0 Å². The standard InChI is InChI=1S/C11H19N3/c1-8(2)11-9-5-6-13(3)7-10(9)14(4)12-11/h8H,5-7H2,1-4H3. The van der Waals surface area contributed by atoms with Gasteiger partial charge in [0.2, 0.25) is 0 Å². The van der Waals surface area contributed by atoms with Gasteiger partial charge in [0.05, 0.1) is 11.4 Å². The van der Waals surface area contributed by atoms with E-state index in [2.05, 4.69) is 42.6 Å². The Morgan fingerprint density at radius 3 is 2.64 bits per heavy atom. The molecule has 1 aliphatic rings. The summed E-state index contributed by atoms with van der Waals surface area (Å²) < 4.78 is 2.06. The van der Waals surface area contributed by atoms with Gasteiger partial charge in [0, 0.05) is 20.1 Å². The maximum Gasteiger partial charge on any atom is 0.0685 e. The van der Waals surface area contributed by atoms with Crippen LogP contribution < -0.4 is 0 Å². The highest BCUT2D eigenvalue weighted by molar-refractivity contribution is 5.30. The van der Waals surface area contributed by atoms with Gasteiger partial charge < -0.3 is 4.90 Å². The molecule has 0 atom stereocenters. The maximum atomic E-state index is 4.62. The van der Waals surface area contributed by atoms with E-state index in [1.807, 2.05) is 0 Å². The van der Waals surface area contributed by atoms with Gasteiger partial charge in [-0.25, -0.2) is 0 Å². The summed E-state index contributed by atoms with van der Waals surface area (Å²) in [4.78, 5) is 2.36. The average molecular weight is 193 g/mol. The summed E-state index contributed by atoms with van der Waals surface area (Å²) in [6, 6.07) is 0. The van der Waals surface area contributed by atoms with E-state index in [9.17, 15) is 0 Å². The predicted octanol–water partition coefficient (Wildman–Crippen LogP) is 1.53. The molecule has 3 nitrogen and oxygen atoms in total. The fourth-order valence-corrected chi connectivity index (χ4v) is 2.20. The normalized spacial score (nSPS) is 17.5. The first kappa shape index (κ1) is 9.71. The summed E-state index contributed by atoms with van der Waals surface area (Å²) in [5, 5.41) is 4.62. The topological polar surface area (TPSA) is 21.1 Å². The molecule has 0 aromatic carbocycles. The van der Waals surface area contributed by atoms with Gasteiger partial charge in [-0.2, -0.15) is 5.10 Å². The summed E-state index contributed by atoms with van der Waals surface area (Å²) in [6.45, 7) is 6.66. The van der Waals surface area contributed by atoms with Crippen molar-refractivity contribution in [3.05, 3.63) is 17.0 Å². The summed E-state index contributed by atoms with van der Waals surface area (Å²) in [6.07, 6.45) is 1.16. The summed E-state index contributed by atoms with van der Waals surface area (Å²) in [5.41, 5.74) is 4.21. The molecule has 0 unspecified atom stereocenters. The molecule has 1 aromatic heterocycles. The van der Waals surface area contributed by atoms with Crippen LogP contribution in [0.2, 0.25) is 0 Å². The van der Waals surface area contributed by atoms with Crippen molar-refractivity contribution in [2.75, 3.05) is 13.6 Å². The van der Waals surface area contributed by atoms with Gasteiger partial charge in [0.1, 0.15) is 0 Å². The Bertz CT molecular complexity index is 339. The van der Waals surface area contributed by atoms with E-state index >= 15 is 0 Å². The van der Waals surface area contributed by atoms with E-state index in [0.717, 1.165) is 13.0 Å². The SMILES string of the molecule is CC(C)c1nn(C)c2c1CCN(C)C2. The Balaban J connectivity index is 2.44. The number of rotatable bonds is 1. The number of hydrogen-bond donors (Lipinski definition) is 0. The number of fused-ring (bicyclic) bond motifs is 1. The van der Waals surface area contributed by atoms with E-state index in [1.54, 1.807) is 0 Å². The molecular formula is C11H19N3. The lowest BCUT2D eigenvalue weighted by Crippen LogP contribution is -2.27. The number of likely N-dealkylation sites (N-methyl/N-ethyl adjacent to an activating group) is 1. The molecule has 0 bridgehead atoms. The van der Waals surface area contributed by atoms with Gasteiger partial charge in [-0.15, -0.1) is 0 Å². The quantitative estimate of drug-likeness (QED) is 0.674. The molecule has 0 saturated carbocycles. The first-order valence-corrected chi connectivity index (χ1v) is 5.32. The van der Waals surface area contributed by atoms with Crippen LogP contribution in [-0.2, 0) is 20.0 Å². The zero-order valence-corrected chi connectivity index (χ0v) is 9.54. The first-order valence-electron chi connectivity index (χ1n) is 5.32. The van der Waals surface area contributed by atoms with E-state index in [0.29, 0.717) is 5.92 Å². The summed E-state index contributed by atoms with van der Waals surface area (Å²) in [7, 11) is 4.23. The summed E-state index contributed by atoms with van der Waals surface area (Å²) >= 11 is 0. The van der Waals surface area contributed by atoms with E-state index in [1.165, 1.54) is 23.5 Å². The Morgan fingerprint density at radius 1 is 1.29 bits per heavy atom. The average Bonchev–Trinajstić information content (AvgIpc) is 2.44. The Labute approximate surface area is 85.7 Å². The molecule has 2 rings (SSSR count). The van der Waals surface area contributed by atoms with Gasteiger partial charge in [0.15, 0.2) is 0 Å². The number of nitrogens with zero attached hydrogens (tertiary/aromatic N) is 3. The third-order valence-electron chi connectivity index (χ3n) is 3.02. The highest BCUT2D eigenvalue weighted by Crippen LogP contribution is 2.25. The van der Waals surface area contributed by atoms with Crippen molar-refractivity contribution in [1.82, 2.24) is 14.7 Å². The molecule has 0 saturated heterocycles. The second-order valence-corrected chi connectivity index (χ2v) is 4.58. The van der Waals surface area contributed by atoms with E-state index in [4.69, 9.17) is 0 Å². The second-order valence-electron chi connectivity index (χ2n) is 4.58. The minimum Gasteiger partial charge on any atom is -0.300 e. The molecule has 0 spiro atoms. The van der Waals surface area contributed by atoms with Crippen LogP contribution in [0.3, 0.4) is 0 Å².